The highest BCUT2D eigenvalue weighted by Crippen LogP contribution is 2.24. The lowest BCUT2D eigenvalue weighted by molar-refractivity contribution is 0.0746. The summed E-state index contributed by atoms with van der Waals surface area (Å²) < 4.78 is 0. The van der Waals surface area contributed by atoms with Crippen molar-refractivity contribution in [3.8, 4) is 0 Å². The van der Waals surface area contributed by atoms with Crippen LogP contribution in [0.15, 0.2) is 61.1 Å². The molecule has 28 heavy (non-hydrogen) atoms. The number of carbonyl (C=O) groups is 1. The fraction of sp³-hybridized carbons (Fsp3) is 0.200. The number of pyridine rings is 1. The highest BCUT2D eigenvalue weighted by atomic mass is 35.5. The molecule has 1 aliphatic heterocycles. The number of para-hydroxylation sites is 1. The lowest BCUT2D eigenvalue weighted by Crippen LogP contribution is -2.49. The van der Waals surface area contributed by atoms with Gasteiger partial charge in [-0.3, -0.25) is 4.79 Å². The summed E-state index contributed by atoms with van der Waals surface area (Å²) in [5.74, 6) is 1.31. The minimum atomic E-state index is -0.0228. The Balaban J connectivity index is 1.37. The van der Waals surface area contributed by atoms with E-state index in [9.17, 15) is 4.79 Å². The molecule has 142 valence electrons. The van der Waals surface area contributed by atoms with Gasteiger partial charge >= 0.3 is 0 Å². The topological polar surface area (TPSA) is 74.2 Å². The van der Waals surface area contributed by atoms with Crippen LogP contribution in [0.5, 0.6) is 0 Å². The second kappa shape index (κ2) is 8.22. The summed E-state index contributed by atoms with van der Waals surface area (Å²) in [6.45, 7) is 2.65. The molecule has 0 atom stereocenters. The quantitative estimate of drug-likeness (QED) is 0.732. The summed E-state index contributed by atoms with van der Waals surface area (Å²) in [6.07, 6.45) is 5.04. The number of benzene rings is 1. The lowest BCUT2D eigenvalue weighted by Gasteiger charge is -2.34. The van der Waals surface area contributed by atoms with E-state index in [0.717, 1.165) is 5.69 Å². The van der Waals surface area contributed by atoms with Gasteiger partial charge in [-0.25, -0.2) is 15.0 Å². The van der Waals surface area contributed by atoms with E-state index in [-0.39, 0.29) is 5.91 Å². The largest absolute Gasteiger partial charge is 0.339 e. The standard InChI is InChI=1S/C20H19ClN6O/c21-16-4-1-2-5-17(16)25-18-7-6-15(14-24-18)19(28)26-10-12-27(13-11-26)20-22-8-3-9-23-20/h1-9,14H,10-13H2,(H,24,25). The number of nitrogens with one attached hydrogen (secondary N) is 1. The fourth-order valence-corrected chi connectivity index (χ4v) is 3.22. The Labute approximate surface area is 168 Å². The number of aromatic nitrogens is 3. The zero-order valence-corrected chi connectivity index (χ0v) is 15.9. The average molecular weight is 395 g/mol. The summed E-state index contributed by atoms with van der Waals surface area (Å²) in [4.78, 5) is 29.6. The van der Waals surface area contributed by atoms with Crippen molar-refractivity contribution in [3.05, 3.63) is 71.6 Å². The van der Waals surface area contributed by atoms with Crippen LogP contribution in [0.1, 0.15) is 10.4 Å². The number of amides is 1. The van der Waals surface area contributed by atoms with Crippen molar-refractivity contribution >= 4 is 35.0 Å². The number of hydrogen-bond acceptors (Lipinski definition) is 6. The number of nitrogens with zero attached hydrogens (tertiary/aromatic N) is 5. The van der Waals surface area contributed by atoms with E-state index < -0.39 is 0 Å². The molecule has 0 aliphatic carbocycles. The first-order valence-corrected chi connectivity index (χ1v) is 9.37. The molecule has 1 N–H and O–H groups in total. The predicted molar refractivity (Wildman–Crippen MR) is 109 cm³/mol. The van der Waals surface area contributed by atoms with Crippen molar-refractivity contribution in [1.82, 2.24) is 19.9 Å². The molecule has 0 spiro atoms. The van der Waals surface area contributed by atoms with Crippen LogP contribution in [0.3, 0.4) is 0 Å². The van der Waals surface area contributed by atoms with Gasteiger partial charge in [0, 0.05) is 44.8 Å². The lowest BCUT2D eigenvalue weighted by atomic mass is 10.2. The van der Waals surface area contributed by atoms with E-state index >= 15 is 0 Å². The van der Waals surface area contributed by atoms with Crippen LogP contribution in [0.2, 0.25) is 5.02 Å². The number of rotatable bonds is 4. The van der Waals surface area contributed by atoms with Gasteiger partial charge in [0.25, 0.3) is 5.91 Å². The van der Waals surface area contributed by atoms with Crippen LogP contribution >= 0.6 is 11.6 Å². The van der Waals surface area contributed by atoms with Gasteiger partial charge in [0.05, 0.1) is 16.3 Å². The molecule has 4 rings (SSSR count). The molecule has 8 heteroatoms. The Morgan fingerprint density at radius 1 is 0.929 bits per heavy atom. The maximum atomic E-state index is 12.8. The molecule has 3 aromatic rings. The maximum absolute atomic E-state index is 12.8. The summed E-state index contributed by atoms with van der Waals surface area (Å²) in [6, 6.07) is 12.8. The maximum Gasteiger partial charge on any atom is 0.255 e. The third-order valence-corrected chi connectivity index (χ3v) is 4.88. The highest BCUT2D eigenvalue weighted by Gasteiger charge is 2.23. The average Bonchev–Trinajstić information content (AvgIpc) is 2.76. The minimum absolute atomic E-state index is 0.0228. The van der Waals surface area contributed by atoms with Gasteiger partial charge in [0.1, 0.15) is 5.82 Å². The van der Waals surface area contributed by atoms with E-state index in [1.807, 2.05) is 29.2 Å². The molecule has 0 bridgehead atoms. The van der Waals surface area contributed by atoms with Crippen LogP contribution in [-0.4, -0.2) is 51.9 Å². The smallest absolute Gasteiger partial charge is 0.255 e. The Bertz CT molecular complexity index is 942. The number of carbonyl (C=O) groups excluding carboxylic acids is 1. The Kier molecular flexibility index (Phi) is 5.34. The van der Waals surface area contributed by atoms with Crippen molar-refractivity contribution < 1.29 is 4.79 Å². The first-order valence-electron chi connectivity index (χ1n) is 8.99. The third-order valence-electron chi connectivity index (χ3n) is 4.55. The van der Waals surface area contributed by atoms with Crippen molar-refractivity contribution in [2.75, 3.05) is 36.4 Å². The van der Waals surface area contributed by atoms with Crippen molar-refractivity contribution in [2.45, 2.75) is 0 Å². The van der Waals surface area contributed by atoms with Crippen LogP contribution in [-0.2, 0) is 0 Å². The summed E-state index contributed by atoms with van der Waals surface area (Å²) in [5.41, 5.74) is 1.34. The van der Waals surface area contributed by atoms with E-state index in [1.165, 1.54) is 0 Å². The molecule has 1 aromatic carbocycles. The van der Waals surface area contributed by atoms with Crippen LogP contribution in [0.4, 0.5) is 17.5 Å². The zero-order valence-electron chi connectivity index (χ0n) is 15.1. The van der Waals surface area contributed by atoms with Gasteiger partial charge in [-0.2, -0.15) is 0 Å². The molecule has 2 aromatic heterocycles. The van der Waals surface area contributed by atoms with Gasteiger partial charge in [0.2, 0.25) is 5.95 Å². The predicted octanol–water partition coefficient (Wildman–Crippen LogP) is 3.23. The number of halogens is 1. The first-order chi connectivity index (χ1) is 13.7. The van der Waals surface area contributed by atoms with Crippen LogP contribution in [0.25, 0.3) is 0 Å². The van der Waals surface area contributed by atoms with E-state index in [0.29, 0.717) is 48.5 Å². The minimum Gasteiger partial charge on any atom is -0.339 e. The monoisotopic (exact) mass is 394 g/mol. The summed E-state index contributed by atoms with van der Waals surface area (Å²) >= 11 is 6.15. The van der Waals surface area contributed by atoms with Crippen LogP contribution < -0.4 is 10.2 Å². The molecule has 1 aliphatic rings. The summed E-state index contributed by atoms with van der Waals surface area (Å²) in [5, 5.41) is 3.77. The van der Waals surface area contributed by atoms with E-state index in [4.69, 9.17) is 11.6 Å². The molecule has 7 nitrogen and oxygen atoms in total. The van der Waals surface area contributed by atoms with E-state index in [1.54, 1.807) is 36.8 Å². The summed E-state index contributed by atoms with van der Waals surface area (Å²) in [7, 11) is 0. The molecule has 1 amide bonds. The first kappa shape index (κ1) is 18.2. The third kappa shape index (κ3) is 4.04. The zero-order chi connectivity index (χ0) is 19.3. The number of piperazine rings is 1. The SMILES string of the molecule is O=C(c1ccc(Nc2ccccc2Cl)nc1)N1CCN(c2ncccn2)CC1. The normalized spacial score (nSPS) is 14.0. The fourth-order valence-electron chi connectivity index (χ4n) is 3.04. The Hall–Kier alpha value is -3.19. The molecular formula is C20H19ClN6O. The molecule has 3 heterocycles. The number of hydrogen-bond donors (Lipinski definition) is 1. The molecule has 0 radical (unpaired) electrons. The van der Waals surface area contributed by atoms with Gasteiger partial charge in [-0.1, -0.05) is 23.7 Å². The molecule has 0 saturated carbocycles. The van der Waals surface area contributed by atoms with Crippen molar-refractivity contribution in [3.63, 3.8) is 0 Å². The second-order valence-electron chi connectivity index (χ2n) is 6.37. The Morgan fingerprint density at radius 2 is 1.68 bits per heavy atom. The number of anilines is 3. The Morgan fingerprint density at radius 3 is 2.36 bits per heavy atom. The highest BCUT2D eigenvalue weighted by molar-refractivity contribution is 6.33. The van der Waals surface area contributed by atoms with Crippen molar-refractivity contribution in [2.24, 2.45) is 0 Å². The van der Waals surface area contributed by atoms with Crippen molar-refractivity contribution in [1.29, 1.82) is 0 Å². The van der Waals surface area contributed by atoms with E-state index in [2.05, 4.69) is 25.2 Å². The van der Waals surface area contributed by atoms with Gasteiger partial charge in [-0.05, 0) is 30.3 Å². The second-order valence-corrected chi connectivity index (χ2v) is 6.77. The van der Waals surface area contributed by atoms with Gasteiger partial charge in [0.15, 0.2) is 0 Å². The molecule has 0 unspecified atom stereocenters. The molecule has 1 saturated heterocycles. The van der Waals surface area contributed by atoms with Gasteiger partial charge < -0.3 is 15.1 Å². The molecule has 1 fully saturated rings. The molecular weight excluding hydrogens is 376 g/mol. The van der Waals surface area contributed by atoms with Gasteiger partial charge in [-0.15, -0.1) is 0 Å². The van der Waals surface area contributed by atoms with Crippen LogP contribution in [0, 0.1) is 0 Å².